The molecule has 0 N–H and O–H groups in total. The third-order valence-corrected chi connectivity index (χ3v) is 6.05. The summed E-state index contributed by atoms with van der Waals surface area (Å²) in [6.07, 6.45) is -13.1. The molecule has 5 atom stereocenters. The molecule has 0 saturated heterocycles. The van der Waals surface area contributed by atoms with Gasteiger partial charge >= 0.3 is 12.4 Å². The van der Waals surface area contributed by atoms with E-state index in [4.69, 9.17) is 4.74 Å². The summed E-state index contributed by atoms with van der Waals surface area (Å²) < 4.78 is 103. The molecule has 24 heavy (non-hydrogen) atoms. The second-order valence-corrected chi connectivity index (χ2v) is 7.25. The molecule has 0 amide bonds. The first kappa shape index (κ1) is 17.9. The lowest BCUT2D eigenvalue weighted by molar-refractivity contribution is -0.392. The zero-order chi connectivity index (χ0) is 18.1. The van der Waals surface area contributed by atoms with E-state index >= 15 is 4.39 Å². The van der Waals surface area contributed by atoms with Crippen molar-refractivity contribution >= 4 is 5.78 Å². The van der Waals surface area contributed by atoms with E-state index in [1.807, 2.05) is 0 Å². The number of fused-ring (bicyclic) bond motifs is 2. The third-order valence-electron chi connectivity index (χ3n) is 6.05. The van der Waals surface area contributed by atoms with Crippen LogP contribution in [-0.4, -0.2) is 37.5 Å². The highest BCUT2D eigenvalue weighted by Gasteiger charge is 2.89. The largest absolute Gasteiger partial charge is 0.407 e. The Morgan fingerprint density at radius 3 is 2.04 bits per heavy atom. The van der Waals surface area contributed by atoms with Crippen molar-refractivity contribution < 1.29 is 40.3 Å². The highest BCUT2D eigenvalue weighted by atomic mass is 19.4. The molecule has 3 aliphatic carbocycles. The predicted octanol–water partition coefficient (Wildman–Crippen LogP) is 4.09. The van der Waals surface area contributed by atoms with Crippen LogP contribution < -0.4 is 0 Å². The Morgan fingerprint density at radius 1 is 1.12 bits per heavy atom. The molecule has 138 valence electrons. The average Bonchev–Trinajstić information content (AvgIpc) is 2.82. The van der Waals surface area contributed by atoms with Gasteiger partial charge < -0.3 is 4.74 Å². The molecule has 0 radical (unpaired) electrons. The number of rotatable bonds is 4. The van der Waals surface area contributed by atoms with Gasteiger partial charge in [0.1, 0.15) is 11.5 Å². The van der Waals surface area contributed by atoms with Crippen molar-refractivity contribution in [2.75, 3.05) is 13.7 Å². The fourth-order valence-electron chi connectivity index (χ4n) is 5.24. The molecule has 3 rings (SSSR count). The monoisotopic (exact) mass is 362 g/mol. The minimum absolute atomic E-state index is 0.0284. The number of alkyl halides is 7. The Morgan fingerprint density at radius 2 is 1.67 bits per heavy atom. The molecular formula is C15H17F7O2. The quantitative estimate of drug-likeness (QED) is 0.705. The van der Waals surface area contributed by atoms with Crippen LogP contribution in [-0.2, 0) is 9.53 Å². The summed E-state index contributed by atoms with van der Waals surface area (Å²) in [6, 6.07) is 0. The molecule has 3 aliphatic rings. The smallest absolute Gasteiger partial charge is 0.384 e. The highest BCUT2D eigenvalue weighted by Crippen LogP contribution is 2.74. The number of hydrogen-bond acceptors (Lipinski definition) is 2. The van der Waals surface area contributed by atoms with Crippen LogP contribution in [0.1, 0.15) is 25.7 Å². The minimum atomic E-state index is -5.89. The zero-order valence-electron chi connectivity index (χ0n) is 12.8. The van der Waals surface area contributed by atoms with Crippen LogP contribution in [0.25, 0.3) is 0 Å². The number of methoxy groups -OCH3 is 1. The minimum Gasteiger partial charge on any atom is -0.384 e. The van der Waals surface area contributed by atoms with Crippen LogP contribution in [0, 0.1) is 29.1 Å². The van der Waals surface area contributed by atoms with Crippen molar-refractivity contribution in [1.82, 2.24) is 0 Å². The first-order chi connectivity index (χ1) is 10.9. The summed E-state index contributed by atoms with van der Waals surface area (Å²) in [6.45, 7) is -0.0861. The van der Waals surface area contributed by atoms with Gasteiger partial charge in [0.25, 0.3) is 0 Å². The maximum atomic E-state index is 15.7. The van der Waals surface area contributed by atoms with Gasteiger partial charge in [0.15, 0.2) is 0 Å². The van der Waals surface area contributed by atoms with Gasteiger partial charge in [0.2, 0.25) is 5.41 Å². The van der Waals surface area contributed by atoms with Crippen LogP contribution in [0.5, 0.6) is 0 Å². The molecule has 0 aliphatic heterocycles. The topological polar surface area (TPSA) is 26.3 Å². The van der Waals surface area contributed by atoms with Crippen LogP contribution >= 0.6 is 0 Å². The number of carbonyl (C=O) groups excluding carboxylic acids is 1. The number of halogens is 7. The molecule has 9 heteroatoms. The molecular weight excluding hydrogens is 345 g/mol. The number of hydrogen-bond donors (Lipinski definition) is 0. The molecule has 2 bridgehead atoms. The van der Waals surface area contributed by atoms with Gasteiger partial charge in [0.05, 0.1) is 5.92 Å². The normalized spacial score (nSPS) is 39.6. The second kappa shape index (κ2) is 5.08. The van der Waals surface area contributed by atoms with Gasteiger partial charge in [-0.2, -0.15) is 26.3 Å². The van der Waals surface area contributed by atoms with E-state index in [0.29, 0.717) is 6.42 Å². The fourth-order valence-corrected chi connectivity index (χ4v) is 5.24. The van der Waals surface area contributed by atoms with Gasteiger partial charge in [-0.05, 0) is 37.0 Å². The van der Waals surface area contributed by atoms with Gasteiger partial charge in [-0.1, -0.05) is 0 Å². The van der Waals surface area contributed by atoms with Gasteiger partial charge in [-0.25, -0.2) is 4.39 Å². The van der Waals surface area contributed by atoms with Crippen LogP contribution in [0.3, 0.4) is 0 Å². The van der Waals surface area contributed by atoms with Crippen molar-refractivity contribution in [3.63, 3.8) is 0 Å². The Labute approximate surface area is 133 Å². The molecule has 2 nitrogen and oxygen atoms in total. The van der Waals surface area contributed by atoms with Crippen molar-refractivity contribution in [3.05, 3.63) is 0 Å². The van der Waals surface area contributed by atoms with Crippen molar-refractivity contribution in [2.45, 2.75) is 43.7 Å². The molecule has 3 fully saturated rings. The number of Topliss-reactive ketones (excluding diaryl/α,β-unsaturated/α-hetero) is 1. The van der Waals surface area contributed by atoms with Gasteiger partial charge in [-0.15, -0.1) is 0 Å². The molecule has 0 aromatic carbocycles. The SMILES string of the molecule is COCC1CC2CC1C(F)(C(C1CC1=O)(C(F)(F)F)C(F)(F)F)C2. The first-order valence-corrected chi connectivity index (χ1v) is 7.74. The second-order valence-electron chi connectivity index (χ2n) is 7.25. The molecule has 3 saturated carbocycles. The van der Waals surface area contributed by atoms with E-state index in [-0.39, 0.29) is 13.0 Å². The Balaban J connectivity index is 2.14. The van der Waals surface area contributed by atoms with Gasteiger partial charge in [0, 0.05) is 20.1 Å². The summed E-state index contributed by atoms with van der Waals surface area (Å²) in [5, 5.41) is 0. The Kier molecular flexibility index (Phi) is 3.80. The van der Waals surface area contributed by atoms with Gasteiger partial charge in [-0.3, -0.25) is 4.79 Å². The molecule has 0 aromatic rings. The summed E-state index contributed by atoms with van der Waals surface area (Å²) >= 11 is 0. The van der Waals surface area contributed by atoms with E-state index in [2.05, 4.69) is 0 Å². The lowest BCUT2D eigenvalue weighted by Crippen LogP contribution is -2.67. The third kappa shape index (κ3) is 2.08. The number of ether oxygens (including phenoxy) is 1. The Hall–Kier alpha value is -0.860. The van der Waals surface area contributed by atoms with Crippen molar-refractivity contribution in [2.24, 2.45) is 29.1 Å². The molecule has 0 heterocycles. The number of carbonyl (C=O) groups is 1. The van der Waals surface area contributed by atoms with E-state index in [1.54, 1.807) is 0 Å². The maximum Gasteiger partial charge on any atom is 0.407 e. The van der Waals surface area contributed by atoms with E-state index < -0.39 is 65.7 Å². The van der Waals surface area contributed by atoms with E-state index in [1.165, 1.54) is 7.11 Å². The zero-order valence-corrected chi connectivity index (χ0v) is 12.8. The first-order valence-electron chi connectivity index (χ1n) is 7.74. The van der Waals surface area contributed by atoms with Crippen molar-refractivity contribution in [1.29, 1.82) is 0 Å². The highest BCUT2D eigenvalue weighted by molar-refractivity contribution is 5.97. The summed E-state index contributed by atoms with van der Waals surface area (Å²) in [5.41, 5.74) is -8.14. The summed E-state index contributed by atoms with van der Waals surface area (Å²) in [5.74, 6) is -6.19. The van der Waals surface area contributed by atoms with E-state index in [9.17, 15) is 31.1 Å². The van der Waals surface area contributed by atoms with Crippen LogP contribution in [0.15, 0.2) is 0 Å². The fraction of sp³-hybridized carbons (Fsp3) is 0.933. The van der Waals surface area contributed by atoms with Crippen LogP contribution in [0.4, 0.5) is 30.7 Å². The number of ketones is 1. The average molecular weight is 362 g/mol. The molecule has 5 unspecified atom stereocenters. The Bertz CT molecular complexity index is 527. The predicted molar refractivity (Wildman–Crippen MR) is 67.7 cm³/mol. The maximum absolute atomic E-state index is 15.7. The van der Waals surface area contributed by atoms with Crippen LogP contribution in [0.2, 0.25) is 0 Å². The standard InChI is InChI=1S/C15H17F7O2/c1-24-6-8-2-7-3-9(8)12(16,5-7)13(14(17,18)19,15(20,21)22)10-4-11(10)23/h7-10H,2-6H2,1H3. The molecule has 0 aromatic heterocycles. The summed E-state index contributed by atoms with van der Waals surface area (Å²) in [4.78, 5) is 11.3. The summed E-state index contributed by atoms with van der Waals surface area (Å²) in [7, 11) is 1.27. The molecule has 0 spiro atoms. The lowest BCUT2D eigenvalue weighted by Gasteiger charge is -2.50. The lowest BCUT2D eigenvalue weighted by atomic mass is 9.59. The van der Waals surface area contributed by atoms with E-state index in [0.717, 1.165) is 0 Å². The van der Waals surface area contributed by atoms with Crippen molar-refractivity contribution in [3.8, 4) is 0 Å².